The van der Waals surface area contributed by atoms with Gasteiger partial charge in [-0.2, -0.15) is 0 Å². The fourth-order valence-electron chi connectivity index (χ4n) is 3.65. The number of pyridine rings is 1. The average Bonchev–Trinajstić information content (AvgIpc) is 3.21. The second kappa shape index (κ2) is 8.25. The topological polar surface area (TPSA) is 66.5 Å². The fraction of sp³-hybridized carbons (Fsp3) is 0.400. The number of hydrogen-bond donors (Lipinski definition) is 2. The van der Waals surface area contributed by atoms with Gasteiger partial charge in [-0.25, -0.2) is 15.8 Å². The Labute approximate surface area is 163 Å². The molecule has 27 heavy (non-hydrogen) atoms. The third kappa shape index (κ3) is 4.24. The van der Waals surface area contributed by atoms with Gasteiger partial charge in [-0.3, -0.25) is 4.79 Å². The van der Waals surface area contributed by atoms with Crippen molar-refractivity contribution in [1.29, 1.82) is 0 Å². The molecule has 4 rings (SSSR count). The number of carbonyl (C=O) groups is 1. The van der Waals surface area contributed by atoms with Gasteiger partial charge in [0.05, 0.1) is 0 Å². The van der Waals surface area contributed by atoms with Crippen LogP contribution in [0.1, 0.15) is 30.9 Å². The Balaban J connectivity index is 1.28. The minimum Gasteiger partial charge on any atom is -0.473 e. The lowest BCUT2D eigenvalue weighted by Gasteiger charge is -2.33. The van der Waals surface area contributed by atoms with Crippen LogP contribution in [0.2, 0.25) is 5.02 Å². The van der Waals surface area contributed by atoms with E-state index in [4.69, 9.17) is 16.3 Å². The maximum atomic E-state index is 12.8. The lowest BCUT2D eigenvalue weighted by molar-refractivity contribution is -0.135. The van der Waals surface area contributed by atoms with Crippen molar-refractivity contribution in [3.05, 3.63) is 59.2 Å². The van der Waals surface area contributed by atoms with E-state index in [1.807, 2.05) is 23.1 Å². The quantitative estimate of drug-likeness (QED) is 0.845. The van der Waals surface area contributed by atoms with Crippen LogP contribution in [0, 0.1) is 0 Å². The molecule has 1 aromatic heterocycles. The largest absolute Gasteiger partial charge is 0.473 e. The second-order valence-electron chi connectivity index (χ2n) is 6.97. The molecule has 2 fully saturated rings. The lowest BCUT2D eigenvalue weighted by atomic mass is 10.0. The lowest BCUT2D eigenvalue weighted by Crippen LogP contribution is -2.49. The molecule has 3 heterocycles. The van der Waals surface area contributed by atoms with Crippen molar-refractivity contribution in [1.82, 2.24) is 20.7 Å². The summed E-state index contributed by atoms with van der Waals surface area (Å²) in [5.41, 5.74) is 7.60. The zero-order valence-corrected chi connectivity index (χ0v) is 15.7. The van der Waals surface area contributed by atoms with E-state index in [-0.39, 0.29) is 24.1 Å². The van der Waals surface area contributed by atoms with Crippen LogP contribution in [0.3, 0.4) is 0 Å². The van der Waals surface area contributed by atoms with Crippen LogP contribution in [-0.4, -0.2) is 41.0 Å². The molecule has 2 saturated heterocycles. The number of nitrogens with zero attached hydrogens (tertiary/aromatic N) is 2. The highest BCUT2D eigenvalue weighted by Gasteiger charge is 2.34. The molecule has 142 valence electrons. The Kier molecular flexibility index (Phi) is 5.57. The van der Waals surface area contributed by atoms with E-state index >= 15 is 0 Å². The van der Waals surface area contributed by atoms with Gasteiger partial charge >= 0.3 is 0 Å². The van der Waals surface area contributed by atoms with Crippen molar-refractivity contribution in [3.63, 3.8) is 0 Å². The number of ether oxygens (including phenoxy) is 1. The summed E-state index contributed by atoms with van der Waals surface area (Å²) in [5.74, 6) is 0.617. The molecule has 0 radical (unpaired) electrons. The van der Waals surface area contributed by atoms with Gasteiger partial charge in [-0.15, -0.1) is 0 Å². The van der Waals surface area contributed by atoms with Crippen molar-refractivity contribution >= 4 is 17.5 Å². The van der Waals surface area contributed by atoms with Gasteiger partial charge in [0.1, 0.15) is 17.2 Å². The molecule has 0 spiro atoms. The molecule has 0 aliphatic carbocycles. The monoisotopic (exact) mass is 386 g/mol. The Morgan fingerprint density at radius 2 is 1.89 bits per heavy atom. The second-order valence-corrected chi connectivity index (χ2v) is 7.38. The van der Waals surface area contributed by atoms with Crippen molar-refractivity contribution in [2.45, 2.75) is 37.5 Å². The molecule has 0 bridgehead atoms. The summed E-state index contributed by atoms with van der Waals surface area (Å²) >= 11 is 6.11. The van der Waals surface area contributed by atoms with Crippen LogP contribution >= 0.6 is 11.6 Å². The van der Waals surface area contributed by atoms with Crippen molar-refractivity contribution in [2.75, 3.05) is 13.1 Å². The molecule has 0 saturated carbocycles. The van der Waals surface area contributed by atoms with E-state index in [2.05, 4.69) is 28.0 Å². The van der Waals surface area contributed by atoms with E-state index in [0.29, 0.717) is 24.0 Å². The van der Waals surface area contributed by atoms with Gasteiger partial charge in [0, 0.05) is 38.2 Å². The number of aromatic nitrogens is 1. The highest BCUT2D eigenvalue weighted by molar-refractivity contribution is 6.31. The number of nitrogens with one attached hydrogen (secondary N) is 2. The molecule has 2 unspecified atom stereocenters. The smallest absolute Gasteiger partial charge is 0.241 e. The predicted molar refractivity (Wildman–Crippen MR) is 103 cm³/mol. The molecule has 1 aromatic carbocycles. The van der Waals surface area contributed by atoms with Crippen LogP contribution in [0.5, 0.6) is 5.88 Å². The summed E-state index contributed by atoms with van der Waals surface area (Å²) in [6.45, 7) is 1.37. The maximum Gasteiger partial charge on any atom is 0.241 e. The van der Waals surface area contributed by atoms with Gasteiger partial charge in [0.15, 0.2) is 0 Å². The van der Waals surface area contributed by atoms with E-state index in [9.17, 15) is 4.79 Å². The third-order valence-electron chi connectivity index (χ3n) is 5.16. The number of hydrazine groups is 1. The number of carbonyl (C=O) groups excluding carboxylic acids is 1. The zero-order valence-electron chi connectivity index (χ0n) is 15.0. The van der Waals surface area contributed by atoms with Gasteiger partial charge < -0.3 is 9.64 Å². The number of hydrogen-bond acceptors (Lipinski definition) is 5. The van der Waals surface area contributed by atoms with E-state index in [1.165, 1.54) is 5.56 Å². The Morgan fingerprint density at radius 3 is 2.63 bits per heavy atom. The van der Waals surface area contributed by atoms with Crippen molar-refractivity contribution in [2.24, 2.45) is 0 Å². The summed E-state index contributed by atoms with van der Waals surface area (Å²) < 4.78 is 5.91. The van der Waals surface area contributed by atoms with Crippen LogP contribution in [-0.2, 0) is 4.79 Å². The molecule has 1 amide bonds. The van der Waals surface area contributed by atoms with Crippen LogP contribution in [0.25, 0.3) is 0 Å². The molecular formula is C20H23ClN4O2. The van der Waals surface area contributed by atoms with Crippen LogP contribution in [0.4, 0.5) is 0 Å². The molecule has 7 heteroatoms. The number of likely N-dealkylation sites (tertiary alicyclic amines) is 1. The molecule has 2 N–H and O–H groups in total. The Bertz CT molecular complexity index is 781. The molecule has 6 nitrogen and oxygen atoms in total. The maximum absolute atomic E-state index is 12.8. The van der Waals surface area contributed by atoms with Gasteiger partial charge in [-0.05, 0) is 24.1 Å². The van der Waals surface area contributed by atoms with Crippen molar-refractivity contribution in [3.8, 4) is 5.88 Å². The minimum absolute atomic E-state index is 0.0354. The molecule has 2 aliphatic heterocycles. The van der Waals surface area contributed by atoms with Crippen LogP contribution in [0.15, 0.2) is 48.7 Å². The first-order valence-corrected chi connectivity index (χ1v) is 9.70. The predicted octanol–water partition coefficient (Wildman–Crippen LogP) is 2.71. The molecule has 2 atom stereocenters. The summed E-state index contributed by atoms with van der Waals surface area (Å²) in [7, 11) is 0. The number of piperidine rings is 1. The highest BCUT2D eigenvalue weighted by Crippen LogP contribution is 2.26. The Hall–Kier alpha value is -2.15. The SMILES string of the molecule is O=C(C1CC(c2ccccc2)NN1)N1CCC(Oc2ncccc2Cl)CC1. The first-order valence-electron chi connectivity index (χ1n) is 9.32. The van der Waals surface area contributed by atoms with E-state index < -0.39 is 0 Å². The molecule has 2 aliphatic rings. The highest BCUT2D eigenvalue weighted by atomic mass is 35.5. The standard InChI is InChI=1S/C20H23ClN4O2/c21-16-7-4-10-22-19(16)27-15-8-11-25(12-9-15)20(26)18-13-17(23-24-18)14-5-2-1-3-6-14/h1-7,10,15,17-18,23-24H,8-9,11-13H2. The summed E-state index contributed by atoms with van der Waals surface area (Å²) in [5, 5.41) is 0.518. The third-order valence-corrected chi connectivity index (χ3v) is 5.45. The normalized spacial score (nSPS) is 23.4. The van der Waals surface area contributed by atoms with Gasteiger partial charge in [0.2, 0.25) is 11.8 Å². The Morgan fingerprint density at radius 1 is 1.11 bits per heavy atom. The molecular weight excluding hydrogens is 364 g/mol. The number of halogens is 1. The average molecular weight is 387 g/mol. The van der Waals surface area contributed by atoms with Gasteiger partial charge in [-0.1, -0.05) is 41.9 Å². The van der Waals surface area contributed by atoms with Crippen molar-refractivity contribution < 1.29 is 9.53 Å². The summed E-state index contributed by atoms with van der Waals surface area (Å²) in [6.07, 6.45) is 4.01. The first kappa shape index (κ1) is 18.2. The first-order chi connectivity index (χ1) is 13.2. The zero-order chi connectivity index (χ0) is 18.6. The summed E-state index contributed by atoms with van der Waals surface area (Å²) in [6, 6.07) is 13.7. The summed E-state index contributed by atoms with van der Waals surface area (Å²) in [4.78, 5) is 18.9. The van der Waals surface area contributed by atoms with E-state index in [0.717, 1.165) is 19.3 Å². The van der Waals surface area contributed by atoms with E-state index in [1.54, 1.807) is 18.3 Å². The number of benzene rings is 1. The van der Waals surface area contributed by atoms with Crippen LogP contribution < -0.4 is 15.6 Å². The van der Waals surface area contributed by atoms with Gasteiger partial charge in [0.25, 0.3) is 0 Å². The fourth-order valence-corrected chi connectivity index (χ4v) is 3.82. The number of rotatable bonds is 4. The number of amides is 1. The minimum atomic E-state index is -0.196. The molecule has 2 aromatic rings.